The van der Waals surface area contributed by atoms with E-state index in [0.717, 1.165) is 36.4 Å². The predicted octanol–water partition coefficient (Wildman–Crippen LogP) is 5.68. The van der Waals surface area contributed by atoms with Crippen molar-refractivity contribution < 1.29 is 9.90 Å². The van der Waals surface area contributed by atoms with E-state index < -0.39 is 0 Å². The van der Waals surface area contributed by atoms with Crippen LogP contribution in [-0.2, 0) is 0 Å². The van der Waals surface area contributed by atoms with Crippen LogP contribution in [0.1, 0.15) is 56.3 Å². The number of carbonyl (C=O) groups is 1. The molecule has 0 aromatic heterocycles. The third-order valence-corrected chi connectivity index (χ3v) is 4.73. The van der Waals surface area contributed by atoms with Gasteiger partial charge in [-0.25, -0.2) is 0 Å². The Kier molecular flexibility index (Phi) is 12.7. The second-order valence-electron chi connectivity index (χ2n) is 7.28. The van der Waals surface area contributed by atoms with E-state index in [1.54, 1.807) is 6.08 Å². The fourth-order valence-electron chi connectivity index (χ4n) is 2.88. The Morgan fingerprint density at radius 1 is 1.07 bits per heavy atom. The lowest BCUT2D eigenvalue weighted by atomic mass is 10.1. The molecule has 162 valence electrons. The molecule has 3 N–H and O–H groups in total. The third-order valence-electron chi connectivity index (χ3n) is 4.73. The highest BCUT2D eigenvalue weighted by Crippen LogP contribution is 2.17. The molecule has 2 rings (SSSR count). The standard InChI is InChI=1S/C18H22N2O.C7H13NO/c1-2-3-4-7-12-20(14-19)18(21)17-11-10-15-8-5-6-9-16(15)13-17;1-7(6-8)4-2-3-5-9/h5-6,8-11,13-14,19H,2-4,7,12H2,1H3;2-3,6-9H,4-5H2,1H3/b;3-2+,8-6?. The summed E-state index contributed by atoms with van der Waals surface area (Å²) in [7, 11) is 0. The highest BCUT2D eigenvalue weighted by molar-refractivity contribution is 6.02. The molecule has 5 nitrogen and oxygen atoms in total. The zero-order valence-corrected chi connectivity index (χ0v) is 18.2. The summed E-state index contributed by atoms with van der Waals surface area (Å²) in [6.07, 6.45) is 11.4. The first-order valence-corrected chi connectivity index (χ1v) is 10.6. The van der Waals surface area contributed by atoms with Crippen molar-refractivity contribution in [2.75, 3.05) is 13.2 Å². The molecule has 30 heavy (non-hydrogen) atoms. The number of aliphatic hydroxyl groups excluding tert-OH is 1. The minimum absolute atomic E-state index is 0.0905. The number of benzene rings is 2. The van der Waals surface area contributed by atoms with Gasteiger partial charge in [0.05, 0.1) is 12.9 Å². The van der Waals surface area contributed by atoms with Crippen LogP contribution in [0.2, 0.25) is 0 Å². The number of amides is 1. The number of hydrogen-bond acceptors (Lipinski definition) is 4. The van der Waals surface area contributed by atoms with E-state index in [1.807, 2.05) is 55.5 Å². The van der Waals surface area contributed by atoms with Crippen LogP contribution in [0, 0.1) is 16.7 Å². The van der Waals surface area contributed by atoms with Crippen molar-refractivity contribution in [2.45, 2.75) is 46.0 Å². The normalized spacial score (nSPS) is 11.6. The summed E-state index contributed by atoms with van der Waals surface area (Å²) < 4.78 is 0. The second kappa shape index (κ2) is 15.1. The summed E-state index contributed by atoms with van der Waals surface area (Å²) in [5.74, 6) is 0.208. The van der Waals surface area contributed by atoms with Crippen molar-refractivity contribution in [3.05, 3.63) is 60.2 Å². The maximum Gasteiger partial charge on any atom is 0.258 e. The molecular weight excluding hydrogens is 374 g/mol. The minimum Gasteiger partial charge on any atom is -0.392 e. The number of fused-ring (bicyclic) bond motifs is 1. The van der Waals surface area contributed by atoms with Gasteiger partial charge in [-0.3, -0.25) is 15.1 Å². The van der Waals surface area contributed by atoms with Gasteiger partial charge in [-0.1, -0.05) is 75.6 Å². The smallest absolute Gasteiger partial charge is 0.258 e. The van der Waals surface area contributed by atoms with Gasteiger partial charge in [0.1, 0.15) is 0 Å². The molecule has 0 spiro atoms. The first-order chi connectivity index (χ1) is 14.6. The molecule has 0 radical (unpaired) electrons. The van der Waals surface area contributed by atoms with Gasteiger partial charge in [0.2, 0.25) is 0 Å². The number of hydrogen-bond donors (Lipinski definition) is 3. The molecule has 0 saturated carbocycles. The van der Waals surface area contributed by atoms with Crippen molar-refractivity contribution in [3.8, 4) is 0 Å². The molecule has 0 aliphatic carbocycles. The summed E-state index contributed by atoms with van der Waals surface area (Å²) in [6.45, 7) is 4.85. The van der Waals surface area contributed by atoms with Crippen LogP contribution in [0.4, 0.5) is 0 Å². The summed E-state index contributed by atoms with van der Waals surface area (Å²) in [6, 6.07) is 13.7. The lowest BCUT2D eigenvalue weighted by Gasteiger charge is -2.17. The van der Waals surface area contributed by atoms with Crippen molar-refractivity contribution >= 4 is 29.2 Å². The van der Waals surface area contributed by atoms with Gasteiger partial charge in [-0.2, -0.15) is 0 Å². The Balaban J connectivity index is 0.000000424. The van der Waals surface area contributed by atoms with Gasteiger partial charge >= 0.3 is 0 Å². The topological polar surface area (TPSA) is 88.2 Å². The van der Waals surface area contributed by atoms with E-state index >= 15 is 0 Å². The Bertz CT molecular complexity index is 817. The van der Waals surface area contributed by atoms with Crippen LogP contribution in [0.25, 0.3) is 10.8 Å². The Labute approximate surface area is 180 Å². The fourth-order valence-corrected chi connectivity index (χ4v) is 2.88. The van der Waals surface area contributed by atoms with Gasteiger partial charge in [-0.15, -0.1) is 0 Å². The molecular formula is C25H35N3O2. The van der Waals surface area contributed by atoms with E-state index in [-0.39, 0.29) is 12.5 Å². The summed E-state index contributed by atoms with van der Waals surface area (Å²) in [5.41, 5.74) is 0.646. The van der Waals surface area contributed by atoms with E-state index in [2.05, 4.69) is 6.92 Å². The number of allylic oxidation sites excluding steroid dienone is 1. The van der Waals surface area contributed by atoms with Crippen molar-refractivity contribution in [2.24, 2.45) is 5.92 Å². The van der Waals surface area contributed by atoms with Crippen LogP contribution in [0.3, 0.4) is 0 Å². The molecule has 1 amide bonds. The van der Waals surface area contributed by atoms with Crippen molar-refractivity contribution in [1.82, 2.24) is 4.90 Å². The number of unbranched alkanes of at least 4 members (excludes halogenated alkanes) is 3. The quantitative estimate of drug-likeness (QED) is 0.193. The van der Waals surface area contributed by atoms with Crippen LogP contribution in [-0.4, -0.2) is 41.6 Å². The monoisotopic (exact) mass is 409 g/mol. The third kappa shape index (κ3) is 9.14. The molecule has 1 atom stereocenters. The lowest BCUT2D eigenvalue weighted by Crippen LogP contribution is -2.30. The average Bonchev–Trinajstić information content (AvgIpc) is 2.79. The van der Waals surface area contributed by atoms with Gasteiger partial charge in [-0.05, 0) is 47.9 Å². The number of rotatable bonds is 11. The fraction of sp³-hybridized carbons (Fsp3) is 0.400. The highest BCUT2D eigenvalue weighted by Gasteiger charge is 2.13. The predicted molar refractivity (Wildman–Crippen MR) is 127 cm³/mol. The average molecular weight is 410 g/mol. The lowest BCUT2D eigenvalue weighted by molar-refractivity contribution is 0.0850. The summed E-state index contributed by atoms with van der Waals surface area (Å²) in [4.78, 5) is 14.0. The number of nitrogens with one attached hydrogen (secondary N) is 2. The Morgan fingerprint density at radius 3 is 2.43 bits per heavy atom. The zero-order chi connectivity index (χ0) is 22.2. The van der Waals surface area contributed by atoms with Crippen LogP contribution in [0.5, 0.6) is 0 Å². The van der Waals surface area contributed by atoms with Gasteiger partial charge < -0.3 is 10.5 Å². The molecule has 5 heteroatoms. The van der Waals surface area contributed by atoms with Crippen LogP contribution >= 0.6 is 0 Å². The SMILES string of the molecule is CC(C=N)C/C=C/CO.CCCCCCN(C=N)C(=O)c1ccc2ccccc2c1. The number of nitrogens with zero attached hydrogens (tertiary/aromatic N) is 1. The first kappa shape index (κ1) is 25.2. The molecule has 2 aromatic carbocycles. The molecule has 0 bridgehead atoms. The molecule has 1 unspecified atom stereocenters. The highest BCUT2D eigenvalue weighted by atomic mass is 16.2. The second-order valence-corrected chi connectivity index (χ2v) is 7.28. The molecule has 0 fully saturated rings. The van der Waals surface area contributed by atoms with Gasteiger partial charge in [0.15, 0.2) is 0 Å². The molecule has 2 aromatic rings. The van der Waals surface area contributed by atoms with Crippen molar-refractivity contribution in [1.29, 1.82) is 10.8 Å². The van der Waals surface area contributed by atoms with Gasteiger partial charge in [0.25, 0.3) is 5.91 Å². The van der Waals surface area contributed by atoms with Crippen molar-refractivity contribution in [3.63, 3.8) is 0 Å². The van der Waals surface area contributed by atoms with E-state index in [9.17, 15) is 4.79 Å². The maximum atomic E-state index is 12.5. The largest absolute Gasteiger partial charge is 0.392 e. The molecule has 0 aliphatic rings. The molecule has 0 heterocycles. The maximum absolute atomic E-state index is 12.5. The zero-order valence-electron chi connectivity index (χ0n) is 18.2. The number of carbonyl (C=O) groups excluding carboxylic acids is 1. The van der Waals surface area contributed by atoms with E-state index in [0.29, 0.717) is 18.0 Å². The molecule has 0 aliphatic heterocycles. The number of aliphatic hydroxyl groups is 1. The van der Waals surface area contributed by atoms with Crippen LogP contribution in [0.15, 0.2) is 54.6 Å². The van der Waals surface area contributed by atoms with Gasteiger partial charge in [0, 0.05) is 12.1 Å². The Hall–Kier alpha value is -2.79. The van der Waals surface area contributed by atoms with E-state index in [4.69, 9.17) is 15.9 Å². The molecule has 0 saturated heterocycles. The Morgan fingerprint density at radius 2 is 1.80 bits per heavy atom. The minimum atomic E-state index is -0.0905. The van der Waals surface area contributed by atoms with Crippen LogP contribution < -0.4 is 0 Å². The first-order valence-electron chi connectivity index (χ1n) is 10.6. The van der Waals surface area contributed by atoms with E-state index in [1.165, 1.54) is 24.0 Å². The summed E-state index contributed by atoms with van der Waals surface area (Å²) in [5, 5.41) is 24.8. The summed E-state index contributed by atoms with van der Waals surface area (Å²) >= 11 is 0.